The average Bonchev–Trinajstić information content (AvgIpc) is 3.53. The van der Waals surface area contributed by atoms with E-state index >= 15 is 0 Å². The monoisotopic (exact) mass is 424 g/mol. The SMILES string of the molecule is Cc1nc(C(=O)N(C)C(CCOc2ccc(F)cc2)C2CC2)c(-c2ccccc2)s1. The summed E-state index contributed by atoms with van der Waals surface area (Å²) in [5.74, 6) is 0.810. The van der Waals surface area contributed by atoms with E-state index in [1.165, 1.54) is 12.1 Å². The zero-order valence-electron chi connectivity index (χ0n) is 17.2. The minimum atomic E-state index is -0.281. The maximum absolute atomic E-state index is 13.4. The van der Waals surface area contributed by atoms with E-state index in [1.54, 1.807) is 23.5 Å². The molecule has 3 aromatic rings. The number of hydrogen-bond donors (Lipinski definition) is 0. The summed E-state index contributed by atoms with van der Waals surface area (Å²) in [4.78, 5) is 20.7. The lowest BCUT2D eigenvalue weighted by Crippen LogP contribution is -2.40. The molecule has 4 nitrogen and oxygen atoms in total. The number of hydrogen-bond acceptors (Lipinski definition) is 4. The van der Waals surface area contributed by atoms with E-state index in [1.807, 2.05) is 49.2 Å². The Morgan fingerprint density at radius 1 is 1.20 bits per heavy atom. The molecule has 1 atom stereocenters. The minimum Gasteiger partial charge on any atom is -0.494 e. The second-order valence-corrected chi connectivity index (χ2v) is 8.89. The van der Waals surface area contributed by atoms with Gasteiger partial charge in [-0.3, -0.25) is 4.79 Å². The maximum Gasteiger partial charge on any atom is 0.273 e. The molecule has 0 aliphatic heterocycles. The summed E-state index contributed by atoms with van der Waals surface area (Å²) in [5.41, 5.74) is 1.54. The Labute approximate surface area is 180 Å². The lowest BCUT2D eigenvalue weighted by molar-refractivity contribution is 0.0683. The third kappa shape index (κ3) is 4.70. The van der Waals surface area contributed by atoms with Crippen LogP contribution in [-0.2, 0) is 0 Å². The normalized spacial score (nSPS) is 14.4. The van der Waals surface area contributed by atoms with E-state index in [-0.39, 0.29) is 17.8 Å². The highest BCUT2D eigenvalue weighted by atomic mass is 32.1. The van der Waals surface area contributed by atoms with Crippen molar-refractivity contribution in [3.05, 3.63) is 71.1 Å². The largest absolute Gasteiger partial charge is 0.494 e. The fraction of sp³-hybridized carbons (Fsp3) is 0.333. The molecule has 1 aromatic heterocycles. The number of benzene rings is 2. The molecule has 1 aliphatic rings. The van der Waals surface area contributed by atoms with E-state index in [0.29, 0.717) is 24.0 Å². The lowest BCUT2D eigenvalue weighted by Gasteiger charge is -2.28. The van der Waals surface area contributed by atoms with Crippen LogP contribution in [0.25, 0.3) is 10.4 Å². The van der Waals surface area contributed by atoms with Crippen LogP contribution >= 0.6 is 11.3 Å². The Balaban J connectivity index is 1.47. The first-order valence-electron chi connectivity index (χ1n) is 10.2. The molecule has 1 aliphatic carbocycles. The first-order chi connectivity index (χ1) is 14.5. The molecule has 2 aromatic carbocycles. The quantitative estimate of drug-likeness (QED) is 0.474. The van der Waals surface area contributed by atoms with Gasteiger partial charge in [-0.15, -0.1) is 11.3 Å². The molecule has 1 heterocycles. The van der Waals surface area contributed by atoms with Crippen molar-refractivity contribution in [3.63, 3.8) is 0 Å². The number of rotatable bonds is 8. The molecule has 0 saturated heterocycles. The Bertz CT molecular complexity index is 1000. The Morgan fingerprint density at radius 3 is 2.57 bits per heavy atom. The van der Waals surface area contributed by atoms with Crippen molar-refractivity contribution in [2.24, 2.45) is 5.92 Å². The Morgan fingerprint density at radius 2 is 1.90 bits per heavy atom. The molecule has 30 heavy (non-hydrogen) atoms. The van der Waals surface area contributed by atoms with Crippen LogP contribution in [0.3, 0.4) is 0 Å². The molecule has 0 bridgehead atoms. The Hall–Kier alpha value is -2.73. The van der Waals surface area contributed by atoms with Gasteiger partial charge < -0.3 is 9.64 Å². The molecule has 6 heteroatoms. The molecular weight excluding hydrogens is 399 g/mol. The van der Waals surface area contributed by atoms with Crippen LogP contribution in [0.5, 0.6) is 5.75 Å². The number of carbonyl (C=O) groups is 1. The van der Waals surface area contributed by atoms with Crippen LogP contribution in [0.15, 0.2) is 54.6 Å². The van der Waals surface area contributed by atoms with Crippen molar-refractivity contribution in [1.82, 2.24) is 9.88 Å². The smallest absolute Gasteiger partial charge is 0.273 e. The average molecular weight is 425 g/mol. The molecule has 1 fully saturated rings. The zero-order chi connectivity index (χ0) is 21.1. The van der Waals surface area contributed by atoms with Crippen molar-refractivity contribution < 1.29 is 13.9 Å². The van der Waals surface area contributed by atoms with Gasteiger partial charge in [0.05, 0.1) is 16.5 Å². The Kier molecular flexibility index (Phi) is 6.13. The predicted octanol–water partition coefficient (Wildman–Crippen LogP) is 5.58. The van der Waals surface area contributed by atoms with Gasteiger partial charge in [0, 0.05) is 19.5 Å². The maximum atomic E-state index is 13.4. The third-order valence-corrected chi connectivity index (χ3v) is 6.47. The van der Waals surface area contributed by atoms with Gasteiger partial charge in [-0.25, -0.2) is 9.37 Å². The first-order valence-corrected chi connectivity index (χ1v) is 11.0. The molecule has 1 unspecified atom stereocenters. The van der Waals surface area contributed by atoms with E-state index in [2.05, 4.69) is 4.98 Å². The number of aromatic nitrogens is 1. The van der Waals surface area contributed by atoms with E-state index < -0.39 is 0 Å². The lowest BCUT2D eigenvalue weighted by atomic mass is 10.1. The van der Waals surface area contributed by atoms with Gasteiger partial charge in [-0.05, 0) is 55.5 Å². The van der Waals surface area contributed by atoms with E-state index in [9.17, 15) is 9.18 Å². The summed E-state index contributed by atoms with van der Waals surface area (Å²) in [5, 5.41) is 0.883. The van der Waals surface area contributed by atoms with Crippen molar-refractivity contribution in [3.8, 4) is 16.2 Å². The summed E-state index contributed by atoms with van der Waals surface area (Å²) in [6.45, 7) is 2.41. The van der Waals surface area contributed by atoms with E-state index in [0.717, 1.165) is 34.7 Å². The van der Waals surface area contributed by atoms with E-state index in [4.69, 9.17) is 4.74 Å². The summed E-state index contributed by atoms with van der Waals surface area (Å²) >= 11 is 1.55. The number of thiazole rings is 1. The number of nitrogens with zero attached hydrogens (tertiary/aromatic N) is 2. The highest BCUT2D eigenvalue weighted by molar-refractivity contribution is 7.15. The second-order valence-electron chi connectivity index (χ2n) is 7.69. The molecule has 4 rings (SSSR count). The molecule has 0 spiro atoms. The van der Waals surface area contributed by atoms with Gasteiger partial charge in [0.25, 0.3) is 5.91 Å². The highest BCUT2D eigenvalue weighted by Crippen LogP contribution is 2.38. The number of ether oxygens (including phenoxy) is 1. The van der Waals surface area contributed by atoms with Gasteiger partial charge in [0.15, 0.2) is 0 Å². The van der Waals surface area contributed by atoms with Crippen LogP contribution in [0.1, 0.15) is 34.8 Å². The van der Waals surface area contributed by atoms with Crippen molar-refractivity contribution in [2.75, 3.05) is 13.7 Å². The molecule has 156 valence electrons. The first kappa shape index (κ1) is 20.5. The fourth-order valence-corrected chi connectivity index (χ4v) is 4.65. The van der Waals surface area contributed by atoms with Gasteiger partial charge >= 0.3 is 0 Å². The topological polar surface area (TPSA) is 42.4 Å². The zero-order valence-corrected chi connectivity index (χ0v) is 18.0. The fourth-order valence-electron chi connectivity index (χ4n) is 3.73. The van der Waals surface area contributed by atoms with Crippen molar-refractivity contribution >= 4 is 17.2 Å². The second kappa shape index (κ2) is 8.96. The molecule has 1 saturated carbocycles. The van der Waals surface area contributed by atoms with Crippen molar-refractivity contribution in [1.29, 1.82) is 0 Å². The number of amides is 1. The van der Waals surface area contributed by atoms with Gasteiger partial charge in [0.2, 0.25) is 0 Å². The van der Waals surface area contributed by atoms with Crippen LogP contribution < -0.4 is 4.74 Å². The number of aryl methyl sites for hydroxylation is 1. The van der Waals surface area contributed by atoms with Gasteiger partial charge in [-0.1, -0.05) is 30.3 Å². The third-order valence-electron chi connectivity index (χ3n) is 5.45. The van der Waals surface area contributed by atoms with Crippen LogP contribution in [-0.4, -0.2) is 35.5 Å². The van der Waals surface area contributed by atoms with Gasteiger partial charge in [0.1, 0.15) is 17.3 Å². The standard InChI is InChI=1S/C24H25FN2O2S/c1-16-26-22(23(30-16)18-6-4-3-5-7-18)24(28)27(2)21(17-8-9-17)14-15-29-20-12-10-19(25)11-13-20/h3-7,10-13,17,21H,8-9,14-15H2,1-2H3. The molecule has 0 N–H and O–H groups in total. The van der Waals surface area contributed by atoms with Gasteiger partial charge in [-0.2, -0.15) is 0 Å². The highest BCUT2D eigenvalue weighted by Gasteiger charge is 2.37. The summed E-state index contributed by atoms with van der Waals surface area (Å²) < 4.78 is 18.8. The van der Waals surface area contributed by atoms with Crippen LogP contribution in [0.2, 0.25) is 0 Å². The number of carbonyl (C=O) groups excluding carboxylic acids is 1. The van der Waals surface area contributed by atoms with Crippen LogP contribution in [0, 0.1) is 18.7 Å². The van der Waals surface area contributed by atoms with Crippen molar-refractivity contribution in [2.45, 2.75) is 32.2 Å². The predicted molar refractivity (Wildman–Crippen MR) is 117 cm³/mol. The molecule has 0 radical (unpaired) electrons. The number of halogens is 1. The molecule has 1 amide bonds. The minimum absolute atomic E-state index is 0.0446. The van der Waals surface area contributed by atoms with Crippen LogP contribution in [0.4, 0.5) is 4.39 Å². The summed E-state index contributed by atoms with van der Waals surface area (Å²) in [6.07, 6.45) is 2.98. The summed E-state index contributed by atoms with van der Waals surface area (Å²) in [7, 11) is 1.87. The summed E-state index contributed by atoms with van der Waals surface area (Å²) in [6, 6.07) is 16.1. The molecular formula is C24H25FN2O2S.